The number of thioether (sulfide) groups is 1. The summed E-state index contributed by atoms with van der Waals surface area (Å²) in [6.45, 7) is 2.06. The van der Waals surface area contributed by atoms with E-state index in [0.717, 1.165) is 56.2 Å². The molecule has 0 radical (unpaired) electrons. The number of rotatable bonds is 9. The number of hydrogen-bond donors (Lipinski definition) is 1. The summed E-state index contributed by atoms with van der Waals surface area (Å²) in [4.78, 5) is 12.3. The highest BCUT2D eigenvalue weighted by atomic mass is 79.9. The van der Waals surface area contributed by atoms with Crippen molar-refractivity contribution < 1.29 is 9.53 Å². The van der Waals surface area contributed by atoms with Gasteiger partial charge >= 0.3 is 0 Å². The first kappa shape index (κ1) is 23.8. The van der Waals surface area contributed by atoms with Gasteiger partial charge in [0.1, 0.15) is 11.6 Å². The fourth-order valence-corrected chi connectivity index (χ4v) is 4.58. The monoisotopic (exact) mass is 566 g/mol. The lowest BCUT2D eigenvalue weighted by molar-refractivity contribution is -0.113. The van der Waals surface area contributed by atoms with Crippen molar-refractivity contribution in [1.29, 1.82) is 0 Å². The van der Waals surface area contributed by atoms with Gasteiger partial charge in [0.15, 0.2) is 5.16 Å². The molecular weight excluding hydrogens is 544 g/mol. The molecular formula is C22H24Br2N4O2S. The van der Waals surface area contributed by atoms with Crippen molar-refractivity contribution >= 4 is 55.2 Å². The number of carbonyl (C=O) groups is 1. The number of aryl methyl sites for hydroxylation is 3. The third-order valence-electron chi connectivity index (χ3n) is 4.79. The number of halogens is 2. The Morgan fingerprint density at radius 2 is 1.97 bits per heavy atom. The lowest BCUT2D eigenvalue weighted by Crippen LogP contribution is -2.15. The molecule has 3 rings (SSSR count). The average molecular weight is 568 g/mol. The highest BCUT2D eigenvalue weighted by Gasteiger charge is 2.13. The predicted molar refractivity (Wildman–Crippen MR) is 132 cm³/mol. The molecule has 1 aromatic heterocycles. The molecule has 1 amide bonds. The number of anilines is 1. The number of benzene rings is 2. The summed E-state index contributed by atoms with van der Waals surface area (Å²) in [5.74, 6) is 2.00. The van der Waals surface area contributed by atoms with E-state index in [9.17, 15) is 4.79 Å². The first-order chi connectivity index (χ1) is 14.9. The van der Waals surface area contributed by atoms with Crippen LogP contribution in [0.15, 0.2) is 50.5 Å². The van der Waals surface area contributed by atoms with Crippen LogP contribution in [0.2, 0.25) is 0 Å². The van der Waals surface area contributed by atoms with Crippen molar-refractivity contribution in [3.63, 3.8) is 0 Å². The second kappa shape index (κ2) is 11.2. The van der Waals surface area contributed by atoms with Crippen molar-refractivity contribution in [3.8, 4) is 5.75 Å². The largest absolute Gasteiger partial charge is 0.496 e. The Balaban J connectivity index is 1.50. The number of carbonyl (C=O) groups excluding carboxylic acids is 1. The van der Waals surface area contributed by atoms with E-state index in [1.54, 1.807) is 7.11 Å². The van der Waals surface area contributed by atoms with Crippen molar-refractivity contribution in [2.45, 2.75) is 31.3 Å². The maximum Gasteiger partial charge on any atom is 0.234 e. The molecule has 6 nitrogen and oxygen atoms in total. The zero-order valence-electron chi connectivity index (χ0n) is 17.6. The minimum atomic E-state index is -0.0942. The maximum absolute atomic E-state index is 12.3. The van der Waals surface area contributed by atoms with E-state index in [1.807, 2.05) is 35.9 Å². The van der Waals surface area contributed by atoms with Gasteiger partial charge in [0.05, 0.1) is 18.6 Å². The second-order valence-corrected chi connectivity index (χ2v) is 9.79. The van der Waals surface area contributed by atoms with Crippen LogP contribution in [0.1, 0.15) is 23.4 Å². The predicted octanol–water partition coefficient (Wildman–Crippen LogP) is 5.56. The Bertz CT molecular complexity index is 1070. The van der Waals surface area contributed by atoms with Gasteiger partial charge < -0.3 is 14.6 Å². The Kier molecular flexibility index (Phi) is 8.57. The van der Waals surface area contributed by atoms with E-state index in [4.69, 9.17) is 4.74 Å². The Morgan fingerprint density at radius 1 is 1.16 bits per heavy atom. The van der Waals surface area contributed by atoms with Crippen LogP contribution in [0, 0.1) is 6.92 Å². The molecule has 0 atom stereocenters. The maximum atomic E-state index is 12.3. The van der Waals surface area contributed by atoms with Gasteiger partial charge in [-0.25, -0.2) is 0 Å². The van der Waals surface area contributed by atoms with Gasteiger partial charge in [-0.15, -0.1) is 10.2 Å². The normalized spacial score (nSPS) is 10.9. The molecule has 0 saturated carbocycles. The average Bonchev–Trinajstić information content (AvgIpc) is 3.09. The van der Waals surface area contributed by atoms with Gasteiger partial charge in [0.2, 0.25) is 5.91 Å². The van der Waals surface area contributed by atoms with Crippen LogP contribution in [0.25, 0.3) is 0 Å². The lowest BCUT2D eigenvalue weighted by atomic mass is 10.0. The van der Waals surface area contributed by atoms with Crippen molar-refractivity contribution in [3.05, 3.63) is 62.3 Å². The summed E-state index contributed by atoms with van der Waals surface area (Å²) in [5.41, 5.74) is 3.16. The minimum Gasteiger partial charge on any atom is -0.496 e. The SMILES string of the molecule is COc1ccc(CCCc2nnc(SCC(=O)Nc3cc(Br)ccc3Br)n2C)cc1C. The molecule has 0 spiro atoms. The Hall–Kier alpha value is -1.84. The van der Waals surface area contributed by atoms with Crippen molar-refractivity contribution in [1.82, 2.24) is 14.8 Å². The van der Waals surface area contributed by atoms with E-state index < -0.39 is 0 Å². The second-order valence-electron chi connectivity index (χ2n) is 7.08. The van der Waals surface area contributed by atoms with Crippen LogP contribution >= 0.6 is 43.6 Å². The van der Waals surface area contributed by atoms with Gasteiger partial charge in [-0.1, -0.05) is 39.8 Å². The lowest BCUT2D eigenvalue weighted by Gasteiger charge is -2.08. The van der Waals surface area contributed by atoms with E-state index in [0.29, 0.717) is 0 Å². The summed E-state index contributed by atoms with van der Waals surface area (Å²) < 4.78 is 9.02. The highest BCUT2D eigenvalue weighted by Crippen LogP contribution is 2.27. The van der Waals surface area contributed by atoms with E-state index in [2.05, 4.69) is 66.4 Å². The molecule has 2 aromatic carbocycles. The molecule has 0 bridgehead atoms. The molecule has 3 aromatic rings. The Labute approximate surface area is 203 Å². The van der Waals surface area contributed by atoms with Crippen LogP contribution < -0.4 is 10.1 Å². The zero-order valence-corrected chi connectivity index (χ0v) is 21.6. The number of aromatic nitrogens is 3. The van der Waals surface area contributed by atoms with Crippen LogP contribution in [0.4, 0.5) is 5.69 Å². The van der Waals surface area contributed by atoms with E-state index in [-0.39, 0.29) is 11.7 Å². The smallest absolute Gasteiger partial charge is 0.234 e. The molecule has 9 heteroatoms. The number of nitrogens with zero attached hydrogens (tertiary/aromatic N) is 3. The molecule has 0 unspecified atom stereocenters. The van der Waals surface area contributed by atoms with Gasteiger partial charge in [-0.3, -0.25) is 4.79 Å². The molecule has 1 N–H and O–H groups in total. The fraction of sp³-hybridized carbons (Fsp3) is 0.318. The minimum absolute atomic E-state index is 0.0942. The summed E-state index contributed by atoms with van der Waals surface area (Å²) in [6.07, 6.45) is 2.76. The van der Waals surface area contributed by atoms with Gasteiger partial charge in [0, 0.05) is 22.4 Å². The number of nitrogens with one attached hydrogen (secondary N) is 1. The molecule has 0 saturated heterocycles. The number of hydrogen-bond acceptors (Lipinski definition) is 5. The van der Waals surface area contributed by atoms with Crippen molar-refractivity contribution in [2.75, 3.05) is 18.2 Å². The van der Waals surface area contributed by atoms with Crippen LogP contribution in [-0.2, 0) is 24.7 Å². The van der Waals surface area contributed by atoms with E-state index in [1.165, 1.54) is 17.3 Å². The first-order valence-electron chi connectivity index (χ1n) is 9.77. The topological polar surface area (TPSA) is 69.0 Å². The van der Waals surface area contributed by atoms with Crippen LogP contribution in [0.5, 0.6) is 5.75 Å². The van der Waals surface area contributed by atoms with Crippen molar-refractivity contribution in [2.24, 2.45) is 7.05 Å². The molecule has 0 fully saturated rings. The Morgan fingerprint density at radius 3 is 2.71 bits per heavy atom. The standard InChI is InChI=1S/C22H24Br2N4O2S/c1-14-11-15(7-10-19(14)30-3)5-4-6-20-26-27-22(28(20)2)31-13-21(29)25-18-12-16(23)8-9-17(18)24/h7-12H,4-6,13H2,1-3H3,(H,25,29). The molecule has 1 heterocycles. The zero-order chi connectivity index (χ0) is 22.4. The summed E-state index contributed by atoms with van der Waals surface area (Å²) in [6, 6.07) is 11.9. The number of ether oxygens (including phenoxy) is 1. The third kappa shape index (κ3) is 6.57. The molecule has 0 aliphatic carbocycles. The number of methoxy groups -OCH3 is 1. The third-order valence-corrected chi connectivity index (χ3v) is 6.99. The molecule has 164 valence electrons. The molecule has 0 aliphatic rings. The fourth-order valence-electron chi connectivity index (χ4n) is 3.14. The van der Waals surface area contributed by atoms with E-state index >= 15 is 0 Å². The van der Waals surface area contributed by atoms with Crippen LogP contribution in [-0.4, -0.2) is 33.5 Å². The molecule has 0 aliphatic heterocycles. The van der Waals surface area contributed by atoms with Gasteiger partial charge in [-0.2, -0.15) is 0 Å². The number of amides is 1. The quantitative estimate of drug-likeness (QED) is 0.343. The summed E-state index contributed by atoms with van der Waals surface area (Å²) >= 11 is 8.24. The summed E-state index contributed by atoms with van der Waals surface area (Å²) in [5, 5.41) is 12.2. The highest BCUT2D eigenvalue weighted by molar-refractivity contribution is 9.11. The van der Waals surface area contributed by atoms with Gasteiger partial charge in [-0.05, 0) is 71.1 Å². The van der Waals surface area contributed by atoms with Gasteiger partial charge in [0.25, 0.3) is 0 Å². The molecule has 31 heavy (non-hydrogen) atoms. The first-order valence-corrected chi connectivity index (χ1v) is 12.3. The van der Waals surface area contributed by atoms with Crippen LogP contribution in [0.3, 0.4) is 0 Å². The summed E-state index contributed by atoms with van der Waals surface area (Å²) in [7, 11) is 3.63.